The van der Waals surface area contributed by atoms with Crippen molar-refractivity contribution in [1.82, 2.24) is 14.7 Å². The number of pyridine rings is 1. The minimum Gasteiger partial charge on any atom is -0.347 e. The maximum atomic E-state index is 12.7. The van der Waals surface area contributed by atoms with Crippen LogP contribution < -0.4 is 10.5 Å². The van der Waals surface area contributed by atoms with Crippen molar-refractivity contribution in [2.75, 3.05) is 0 Å². The number of nitrogens with two attached hydrogens (primary N) is 1. The molecule has 0 radical (unpaired) electrons. The zero-order valence-electron chi connectivity index (χ0n) is 13.9. The predicted molar refractivity (Wildman–Crippen MR) is 98.6 cm³/mol. The van der Waals surface area contributed by atoms with Crippen molar-refractivity contribution in [3.63, 3.8) is 0 Å². The fourth-order valence-corrected chi connectivity index (χ4v) is 3.29. The van der Waals surface area contributed by atoms with Crippen LogP contribution in [0.4, 0.5) is 0 Å². The lowest BCUT2D eigenvalue weighted by Crippen LogP contribution is -2.25. The third-order valence-corrected chi connectivity index (χ3v) is 5.08. The number of hydrogen-bond donors (Lipinski definition) is 2. The fraction of sp³-hybridized carbons (Fsp3) is 0.176. The third-order valence-electron chi connectivity index (χ3n) is 3.92. The number of imidazole rings is 1. The van der Waals surface area contributed by atoms with Gasteiger partial charge in [0.25, 0.3) is 5.91 Å². The molecule has 0 aliphatic rings. The van der Waals surface area contributed by atoms with Crippen LogP contribution in [0.1, 0.15) is 28.7 Å². The van der Waals surface area contributed by atoms with Crippen LogP contribution >= 0.6 is 11.6 Å². The van der Waals surface area contributed by atoms with Crippen molar-refractivity contribution in [2.45, 2.75) is 24.8 Å². The van der Waals surface area contributed by atoms with Crippen LogP contribution in [0.15, 0.2) is 47.5 Å². The van der Waals surface area contributed by atoms with E-state index in [0.29, 0.717) is 28.5 Å². The maximum absolute atomic E-state index is 12.7. The normalized spacial score (nSPS) is 11.7. The average Bonchev–Trinajstić information content (AvgIpc) is 2.97. The first kappa shape index (κ1) is 18.4. The van der Waals surface area contributed by atoms with Gasteiger partial charge in [0.15, 0.2) is 0 Å². The molecule has 0 aliphatic heterocycles. The van der Waals surface area contributed by atoms with Gasteiger partial charge in [-0.1, -0.05) is 30.7 Å². The van der Waals surface area contributed by atoms with Crippen molar-refractivity contribution in [3.05, 3.63) is 64.6 Å². The van der Waals surface area contributed by atoms with E-state index in [2.05, 4.69) is 10.3 Å². The summed E-state index contributed by atoms with van der Waals surface area (Å²) in [5.74, 6) is -0.271. The van der Waals surface area contributed by atoms with Crippen LogP contribution in [0.2, 0.25) is 5.02 Å². The number of fused-ring (bicyclic) bond motifs is 1. The first-order valence-electron chi connectivity index (χ1n) is 7.86. The number of hydrogen-bond acceptors (Lipinski definition) is 4. The van der Waals surface area contributed by atoms with Gasteiger partial charge in [0, 0.05) is 23.8 Å². The molecule has 0 spiro atoms. The largest absolute Gasteiger partial charge is 0.347 e. The molecule has 0 atom stereocenters. The Hall–Kier alpha value is -2.42. The van der Waals surface area contributed by atoms with Crippen LogP contribution in [-0.2, 0) is 23.0 Å². The number of aromatic nitrogens is 2. The van der Waals surface area contributed by atoms with E-state index >= 15 is 0 Å². The monoisotopic (exact) mass is 392 g/mol. The van der Waals surface area contributed by atoms with Crippen molar-refractivity contribution >= 4 is 33.2 Å². The number of halogens is 1. The smallest absolute Gasteiger partial charge is 0.270 e. The zero-order chi connectivity index (χ0) is 18.9. The van der Waals surface area contributed by atoms with Gasteiger partial charge < -0.3 is 5.32 Å². The van der Waals surface area contributed by atoms with Gasteiger partial charge in [0.1, 0.15) is 11.3 Å². The second kappa shape index (κ2) is 7.06. The summed E-state index contributed by atoms with van der Waals surface area (Å²) >= 11 is 5.98. The summed E-state index contributed by atoms with van der Waals surface area (Å²) in [4.78, 5) is 17.1. The van der Waals surface area contributed by atoms with Crippen LogP contribution in [0.5, 0.6) is 0 Å². The van der Waals surface area contributed by atoms with E-state index in [1.165, 1.54) is 12.1 Å². The Morgan fingerprint density at radius 3 is 2.58 bits per heavy atom. The Morgan fingerprint density at radius 2 is 1.96 bits per heavy atom. The van der Waals surface area contributed by atoms with Gasteiger partial charge in [0.05, 0.1) is 10.6 Å². The van der Waals surface area contributed by atoms with E-state index in [9.17, 15) is 13.2 Å². The van der Waals surface area contributed by atoms with E-state index in [-0.39, 0.29) is 17.3 Å². The quantitative estimate of drug-likeness (QED) is 0.693. The van der Waals surface area contributed by atoms with E-state index in [1.807, 2.05) is 6.92 Å². The van der Waals surface area contributed by atoms with Gasteiger partial charge in [-0.2, -0.15) is 0 Å². The number of sulfonamides is 1. The van der Waals surface area contributed by atoms with Gasteiger partial charge in [-0.05, 0) is 30.2 Å². The minimum absolute atomic E-state index is 0.0273. The number of benzene rings is 1. The molecular formula is C17H17ClN4O3S. The number of rotatable bonds is 5. The standard InChI is InChI=1S/C17H17ClN4O3S/c1-2-14-16(22-8-7-12(18)9-15(22)21-14)17(23)20-10-11-3-5-13(6-4-11)26(19,24)25/h3-9H,2,10H2,1H3,(H,20,23)(H2,19,24,25). The molecule has 0 bridgehead atoms. The number of amides is 1. The molecular weight excluding hydrogens is 376 g/mol. The number of nitrogens with zero attached hydrogens (tertiary/aromatic N) is 2. The van der Waals surface area contributed by atoms with E-state index in [4.69, 9.17) is 16.7 Å². The van der Waals surface area contributed by atoms with Crippen LogP contribution in [0.3, 0.4) is 0 Å². The number of nitrogens with one attached hydrogen (secondary N) is 1. The Morgan fingerprint density at radius 1 is 1.27 bits per heavy atom. The molecule has 136 valence electrons. The van der Waals surface area contributed by atoms with Crippen LogP contribution in [-0.4, -0.2) is 23.7 Å². The molecule has 2 heterocycles. The topological polar surface area (TPSA) is 107 Å². The van der Waals surface area contributed by atoms with Gasteiger partial charge in [-0.15, -0.1) is 0 Å². The van der Waals surface area contributed by atoms with Gasteiger partial charge in [-0.3, -0.25) is 9.20 Å². The van der Waals surface area contributed by atoms with Gasteiger partial charge in [0.2, 0.25) is 10.0 Å². The number of carbonyl (C=O) groups is 1. The molecule has 0 unspecified atom stereocenters. The summed E-state index contributed by atoms with van der Waals surface area (Å²) in [6.07, 6.45) is 2.31. The highest BCUT2D eigenvalue weighted by Crippen LogP contribution is 2.18. The first-order valence-corrected chi connectivity index (χ1v) is 9.78. The molecule has 3 rings (SSSR count). The Labute approximate surface area is 155 Å². The maximum Gasteiger partial charge on any atom is 0.270 e. The highest BCUT2D eigenvalue weighted by molar-refractivity contribution is 7.89. The molecule has 7 nitrogen and oxygen atoms in total. The Balaban J connectivity index is 1.81. The molecule has 0 saturated heterocycles. The lowest BCUT2D eigenvalue weighted by molar-refractivity contribution is 0.0944. The Bertz CT molecular complexity index is 1080. The highest BCUT2D eigenvalue weighted by atomic mass is 35.5. The molecule has 3 aromatic rings. The zero-order valence-corrected chi connectivity index (χ0v) is 15.5. The number of carbonyl (C=O) groups excluding carboxylic acids is 1. The van der Waals surface area contributed by atoms with Crippen molar-refractivity contribution in [2.24, 2.45) is 5.14 Å². The molecule has 1 aromatic carbocycles. The van der Waals surface area contributed by atoms with Gasteiger partial charge in [-0.25, -0.2) is 18.5 Å². The molecule has 9 heteroatoms. The molecule has 0 saturated carbocycles. The lowest BCUT2D eigenvalue weighted by Gasteiger charge is -2.07. The summed E-state index contributed by atoms with van der Waals surface area (Å²) in [6.45, 7) is 2.17. The lowest BCUT2D eigenvalue weighted by atomic mass is 10.2. The summed E-state index contributed by atoms with van der Waals surface area (Å²) in [5.41, 5.74) is 2.49. The summed E-state index contributed by atoms with van der Waals surface area (Å²) in [5, 5.41) is 8.45. The summed E-state index contributed by atoms with van der Waals surface area (Å²) < 4.78 is 24.2. The van der Waals surface area contributed by atoms with Crippen molar-refractivity contribution in [1.29, 1.82) is 0 Å². The van der Waals surface area contributed by atoms with E-state index in [0.717, 1.165) is 5.56 Å². The van der Waals surface area contributed by atoms with Gasteiger partial charge >= 0.3 is 0 Å². The van der Waals surface area contributed by atoms with Crippen molar-refractivity contribution in [3.8, 4) is 0 Å². The molecule has 3 N–H and O–H groups in total. The Kier molecular flexibility index (Phi) is 4.99. The number of aryl methyl sites for hydroxylation is 1. The molecule has 0 aliphatic carbocycles. The van der Waals surface area contributed by atoms with E-state index in [1.54, 1.807) is 34.9 Å². The minimum atomic E-state index is -3.73. The molecule has 1 amide bonds. The summed E-state index contributed by atoms with van der Waals surface area (Å²) in [6, 6.07) is 9.42. The molecule has 26 heavy (non-hydrogen) atoms. The molecule has 2 aromatic heterocycles. The fourth-order valence-electron chi connectivity index (χ4n) is 2.62. The highest BCUT2D eigenvalue weighted by Gasteiger charge is 2.18. The predicted octanol–water partition coefficient (Wildman–Crippen LogP) is 2.13. The third kappa shape index (κ3) is 3.72. The van der Waals surface area contributed by atoms with Crippen LogP contribution in [0.25, 0.3) is 5.65 Å². The molecule has 0 fully saturated rings. The van der Waals surface area contributed by atoms with Crippen molar-refractivity contribution < 1.29 is 13.2 Å². The number of primary sulfonamides is 1. The SMILES string of the molecule is CCc1nc2cc(Cl)ccn2c1C(=O)NCc1ccc(S(N)(=O)=O)cc1. The first-order chi connectivity index (χ1) is 12.3. The summed E-state index contributed by atoms with van der Waals surface area (Å²) in [7, 11) is -3.73. The second-order valence-electron chi connectivity index (χ2n) is 5.71. The van der Waals surface area contributed by atoms with Crippen LogP contribution in [0, 0.1) is 0 Å². The average molecular weight is 393 g/mol. The van der Waals surface area contributed by atoms with E-state index < -0.39 is 10.0 Å². The second-order valence-corrected chi connectivity index (χ2v) is 7.70.